The zero-order chi connectivity index (χ0) is 16.8. The molecule has 0 aromatic carbocycles. The van der Waals surface area contributed by atoms with Crippen LogP contribution in [-0.2, 0) is 17.8 Å². The van der Waals surface area contributed by atoms with Crippen molar-refractivity contribution in [3.05, 3.63) is 46.2 Å². The van der Waals surface area contributed by atoms with Gasteiger partial charge in [0.25, 0.3) is 0 Å². The third-order valence-electron chi connectivity index (χ3n) is 4.55. The van der Waals surface area contributed by atoms with E-state index in [1.807, 2.05) is 29.5 Å². The van der Waals surface area contributed by atoms with Gasteiger partial charge in [-0.1, -0.05) is 0 Å². The number of carbonyl (C=O) groups is 1. The van der Waals surface area contributed by atoms with Crippen LogP contribution in [0.5, 0.6) is 0 Å². The second kappa shape index (κ2) is 11.5. The van der Waals surface area contributed by atoms with Crippen LogP contribution in [-0.4, -0.2) is 40.4 Å². The van der Waals surface area contributed by atoms with Gasteiger partial charge in [0.2, 0.25) is 5.91 Å². The normalized spacial score (nSPS) is 15.8. The van der Waals surface area contributed by atoms with Crippen molar-refractivity contribution in [1.29, 1.82) is 0 Å². The number of amides is 1. The largest absolute Gasteiger partial charge is 0.337 e. The predicted molar refractivity (Wildman–Crippen MR) is 110 cm³/mol. The number of thiazole rings is 1. The minimum absolute atomic E-state index is 0. The van der Waals surface area contributed by atoms with Crippen LogP contribution < -0.4 is 5.32 Å². The maximum atomic E-state index is 12.8. The zero-order valence-electron chi connectivity index (χ0n) is 14.9. The zero-order valence-corrected chi connectivity index (χ0v) is 17.3. The van der Waals surface area contributed by atoms with Crippen LogP contribution in [0, 0.1) is 12.8 Å². The Balaban J connectivity index is 0.00000169. The molecule has 8 heteroatoms. The van der Waals surface area contributed by atoms with E-state index in [1.54, 1.807) is 23.7 Å². The van der Waals surface area contributed by atoms with Crippen LogP contribution in [0.15, 0.2) is 30.0 Å². The van der Waals surface area contributed by atoms with E-state index in [2.05, 4.69) is 15.3 Å². The smallest absolute Gasteiger partial charge is 0.223 e. The van der Waals surface area contributed by atoms with Gasteiger partial charge in [-0.15, -0.1) is 36.2 Å². The molecule has 3 heterocycles. The van der Waals surface area contributed by atoms with Gasteiger partial charge in [-0.05, 0) is 56.5 Å². The molecule has 2 aromatic rings. The molecule has 0 saturated carbocycles. The summed E-state index contributed by atoms with van der Waals surface area (Å²) in [6.07, 6.45) is 6.02. The van der Waals surface area contributed by atoms with Crippen LogP contribution in [0.25, 0.3) is 0 Å². The molecule has 1 fully saturated rings. The molecule has 26 heavy (non-hydrogen) atoms. The van der Waals surface area contributed by atoms with E-state index < -0.39 is 0 Å². The van der Waals surface area contributed by atoms with Crippen molar-refractivity contribution in [2.24, 2.45) is 5.92 Å². The molecule has 1 amide bonds. The van der Waals surface area contributed by atoms with Gasteiger partial charge in [0.05, 0.1) is 17.7 Å². The minimum Gasteiger partial charge on any atom is -0.337 e. The number of nitrogens with zero attached hydrogens (tertiary/aromatic N) is 3. The summed E-state index contributed by atoms with van der Waals surface area (Å²) in [6.45, 7) is 5.60. The second-order valence-corrected chi connectivity index (χ2v) is 7.29. The first-order valence-electron chi connectivity index (χ1n) is 8.48. The summed E-state index contributed by atoms with van der Waals surface area (Å²) in [5.74, 6) is 0.787. The molecule has 1 aliphatic rings. The third kappa shape index (κ3) is 6.50. The highest BCUT2D eigenvalue weighted by molar-refractivity contribution is 7.09. The van der Waals surface area contributed by atoms with Crippen LogP contribution in [0.3, 0.4) is 0 Å². The van der Waals surface area contributed by atoms with Gasteiger partial charge in [-0.3, -0.25) is 9.78 Å². The Bertz CT molecular complexity index is 662. The van der Waals surface area contributed by atoms with Crippen molar-refractivity contribution in [3.8, 4) is 0 Å². The summed E-state index contributed by atoms with van der Waals surface area (Å²) < 4.78 is 0. The van der Waals surface area contributed by atoms with Gasteiger partial charge in [0.15, 0.2) is 0 Å². The van der Waals surface area contributed by atoms with E-state index in [0.29, 0.717) is 18.9 Å². The Morgan fingerprint density at radius 1 is 1.35 bits per heavy atom. The molecule has 1 N–H and O–H groups in total. The Morgan fingerprint density at radius 3 is 2.73 bits per heavy atom. The van der Waals surface area contributed by atoms with E-state index in [1.165, 1.54) is 4.88 Å². The van der Waals surface area contributed by atoms with Crippen molar-refractivity contribution in [2.45, 2.75) is 32.7 Å². The molecule has 0 spiro atoms. The summed E-state index contributed by atoms with van der Waals surface area (Å²) in [5.41, 5.74) is 4.06. The van der Waals surface area contributed by atoms with E-state index in [9.17, 15) is 4.79 Å². The molecular formula is C18H26Cl2N4OS. The van der Waals surface area contributed by atoms with Crippen LogP contribution in [0.1, 0.15) is 29.0 Å². The number of carbonyl (C=O) groups excluding carboxylic acids is 1. The van der Waals surface area contributed by atoms with Crippen LogP contribution in [0.4, 0.5) is 0 Å². The molecule has 2 aromatic heterocycles. The molecule has 0 aliphatic carbocycles. The third-order valence-corrected chi connectivity index (χ3v) is 5.47. The first kappa shape index (κ1) is 22.8. The Morgan fingerprint density at radius 2 is 2.12 bits per heavy atom. The topological polar surface area (TPSA) is 58.1 Å². The van der Waals surface area contributed by atoms with E-state index in [4.69, 9.17) is 0 Å². The van der Waals surface area contributed by atoms with Crippen molar-refractivity contribution < 1.29 is 4.79 Å². The Labute approximate surface area is 171 Å². The van der Waals surface area contributed by atoms with E-state index >= 15 is 0 Å². The highest BCUT2D eigenvalue weighted by Crippen LogP contribution is 2.19. The van der Waals surface area contributed by atoms with Crippen molar-refractivity contribution in [2.75, 3.05) is 19.6 Å². The molecule has 0 radical (unpaired) electrons. The number of rotatable bonds is 7. The number of hydrogen-bond donors (Lipinski definition) is 1. The van der Waals surface area contributed by atoms with Crippen molar-refractivity contribution in [1.82, 2.24) is 20.2 Å². The number of hydrogen-bond acceptors (Lipinski definition) is 5. The molecule has 1 saturated heterocycles. The number of nitrogens with one attached hydrogen (secondary N) is 1. The Kier molecular flexibility index (Phi) is 10.1. The van der Waals surface area contributed by atoms with Gasteiger partial charge < -0.3 is 10.2 Å². The average molecular weight is 417 g/mol. The molecule has 1 aliphatic heterocycles. The fourth-order valence-corrected chi connectivity index (χ4v) is 3.84. The summed E-state index contributed by atoms with van der Waals surface area (Å²) >= 11 is 1.64. The maximum Gasteiger partial charge on any atom is 0.223 e. The van der Waals surface area contributed by atoms with Crippen LogP contribution in [0.2, 0.25) is 0 Å². The first-order chi connectivity index (χ1) is 11.7. The molecule has 1 unspecified atom stereocenters. The number of pyridine rings is 1. The van der Waals surface area contributed by atoms with Gasteiger partial charge in [-0.25, -0.2) is 4.98 Å². The number of aromatic nitrogens is 2. The standard InChI is InChI=1S/C18H24N4OS.2ClH/c1-14-17(24-13-21-14)12-22(11-16-6-9-20-10-16)18(23)3-2-15-4-7-19-8-5-15;;/h4-5,7-8,13,16,20H,2-3,6,9-12H2,1H3;2*1H. The summed E-state index contributed by atoms with van der Waals surface area (Å²) in [5, 5.41) is 3.39. The van der Waals surface area contributed by atoms with Crippen molar-refractivity contribution >= 4 is 42.1 Å². The SMILES string of the molecule is Cc1ncsc1CN(CC1CCNC1)C(=O)CCc1ccncc1.Cl.Cl. The number of halogens is 2. The maximum absolute atomic E-state index is 12.8. The molecular weight excluding hydrogens is 391 g/mol. The Hall–Kier alpha value is -1.21. The van der Waals surface area contributed by atoms with Gasteiger partial charge in [-0.2, -0.15) is 0 Å². The molecule has 3 rings (SSSR count). The van der Waals surface area contributed by atoms with Gasteiger partial charge in [0.1, 0.15) is 0 Å². The lowest BCUT2D eigenvalue weighted by Gasteiger charge is -2.25. The second-order valence-electron chi connectivity index (χ2n) is 6.35. The lowest BCUT2D eigenvalue weighted by molar-refractivity contribution is -0.132. The quantitative estimate of drug-likeness (QED) is 0.752. The molecule has 5 nitrogen and oxygen atoms in total. The van der Waals surface area contributed by atoms with Crippen LogP contribution >= 0.6 is 36.2 Å². The van der Waals surface area contributed by atoms with E-state index in [-0.39, 0.29) is 30.7 Å². The fraction of sp³-hybridized carbons (Fsp3) is 0.500. The van der Waals surface area contributed by atoms with Gasteiger partial charge >= 0.3 is 0 Å². The molecule has 144 valence electrons. The summed E-state index contributed by atoms with van der Waals surface area (Å²) in [7, 11) is 0. The molecule has 0 bridgehead atoms. The van der Waals surface area contributed by atoms with E-state index in [0.717, 1.165) is 43.7 Å². The highest BCUT2D eigenvalue weighted by Gasteiger charge is 2.22. The monoisotopic (exact) mass is 416 g/mol. The highest BCUT2D eigenvalue weighted by atomic mass is 35.5. The fourth-order valence-electron chi connectivity index (χ4n) is 3.05. The predicted octanol–water partition coefficient (Wildman–Crippen LogP) is 3.26. The van der Waals surface area contributed by atoms with Crippen molar-refractivity contribution in [3.63, 3.8) is 0 Å². The lowest BCUT2D eigenvalue weighted by atomic mass is 10.1. The molecule has 1 atom stereocenters. The minimum atomic E-state index is 0. The first-order valence-corrected chi connectivity index (χ1v) is 9.36. The summed E-state index contributed by atoms with van der Waals surface area (Å²) in [4.78, 5) is 24.4. The van der Waals surface area contributed by atoms with Gasteiger partial charge in [0, 0.05) is 30.2 Å². The average Bonchev–Trinajstić information content (AvgIpc) is 3.25. The summed E-state index contributed by atoms with van der Waals surface area (Å²) in [6, 6.07) is 3.96. The lowest BCUT2D eigenvalue weighted by Crippen LogP contribution is -2.35. The number of aryl methyl sites for hydroxylation is 2.